The Balaban J connectivity index is 1.04. The molecule has 1 heteroatoms. The molecule has 0 heterocycles. The summed E-state index contributed by atoms with van der Waals surface area (Å²) in [5.41, 5.74) is 23.9. The van der Waals surface area contributed by atoms with Gasteiger partial charge in [0, 0.05) is 22.2 Å². The minimum atomic E-state index is -0.381. The number of fused-ring (bicyclic) bond motifs is 14. The Hall–Kier alpha value is -7.74. The second kappa shape index (κ2) is 13.4. The molecule has 0 aliphatic heterocycles. The summed E-state index contributed by atoms with van der Waals surface area (Å²) in [7, 11) is 0. The molecule has 0 N–H and O–H groups in total. The van der Waals surface area contributed by atoms with Crippen LogP contribution in [0.1, 0.15) is 47.2 Å². The zero-order valence-electron chi connectivity index (χ0n) is 35.3. The predicted molar refractivity (Wildman–Crippen MR) is 263 cm³/mol. The number of benzene rings is 10. The molecule has 0 bridgehead atoms. The maximum Gasteiger partial charge on any atom is 0.0725 e. The van der Waals surface area contributed by atoms with E-state index in [-0.39, 0.29) is 10.8 Å². The third kappa shape index (κ3) is 4.88. The largest absolute Gasteiger partial charge is 0.309 e. The van der Waals surface area contributed by atoms with Crippen LogP contribution in [-0.4, -0.2) is 0 Å². The van der Waals surface area contributed by atoms with Crippen molar-refractivity contribution >= 4 is 27.8 Å². The SMILES string of the molecule is CC1(C)c2ccccc2-c2c(N(c3ccc(-c4cccc5c4-c4ccccc4C54c5ccccc5-c5ccccc54)cc3)c3ccc4ccccc4c3-c3ccccc3)cccc21. The van der Waals surface area contributed by atoms with Gasteiger partial charge in [-0.15, -0.1) is 0 Å². The van der Waals surface area contributed by atoms with Gasteiger partial charge in [0.15, 0.2) is 0 Å². The van der Waals surface area contributed by atoms with E-state index in [0.29, 0.717) is 0 Å². The van der Waals surface area contributed by atoms with Crippen molar-refractivity contribution in [2.45, 2.75) is 24.7 Å². The number of rotatable bonds is 5. The summed E-state index contributed by atoms with van der Waals surface area (Å²) >= 11 is 0. The van der Waals surface area contributed by atoms with Crippen molar-refractivity contribution in [2.75, 3.05) is 4.90 Å². The molecule has 0 saturated heterocycles. The molecule has 0 aromatic heterocycles. The number of nitrogens with zero attached hydrogens (tertiary/aromatic N) is 1. The maximum atomic E-state index is 2.53. The van der Waals surface area contributed by atoms with Gasteiger partial charge in [-0.05, 0) is 113 Å². The van der Waals surface area contributed by atoms with Crippen molar-refractivity contribution in [1.82, 2.24) is 0 Å². The lowest BCUT2D eigenvalue weighted by atomic mass is 9.70. The van der Waals surface area contributed by atoms with E-state index in [9.17, 15) is 0 Å². The average molecular weight is 802 g/mol. The van der Waals surface area contributed by atoms with Crippen molar-refractivity contribution in [3.8, 4) is 55.6 Å². The minimum absolute atomic E-state index is 0.134. The van der Waals surface area contributed by atoms with Crippen LogP contribution in [-0.2, 0) is 10.8 Å². The van der Waals surface area contributed by atoms with Gasteiger partial charge in [-0.25, -0.2) is 0 Å². The van der Waals surface area contributed by atoms with Gasteiger partial charge in [0.1, 0.15) is 0 Å². The lowest BCUT2D eigenvalue weighted by Gasteiger charge is -2.31. The highest BCUT2D eigenvalue weighted by molar-refractivity contribution is 6.07. The van der Waals surface area contributed by atoms with E-state index < -0.39 is 0 Å². The molecule has 0 fully saturated rings. The molecular formula is C62H43N. The van der Waals surface area contributed by atoms with Crippen LogP contribution in [0.25, 0.3) is 66.4 Å². The molecule has 0 unspecified atom stereocenters. The van der Waals surface area contributed by atoms with E-state index in [1.54, 1.807) is 0 Å². The lowest BCUT2D eigenvalue weighted by molar-refractivity contribution is 0.660. The Kier molecular flexibility index (Phi) is 7.64. The van der Waals surface area contributed by atoms with Gasteiger partial charge in [-0.1, -0.05) is 214 Å². The number of hydrogen-bond acceptors (Lipinski definition) is 1. The summed E-state index contributed by atoms with van der Waals surface area (Å²) in [6.45, 7) is 4.74. The Morgan fingerprint density at radius 2 is 0.810 bits per heavy atom. The summed E-state index contributed by atoms with van der Waals surface area (Å²) in [5, 5.41) is 2.46. The second-order valence-corrected chi connectivity index (χ2v) is 17.9. The first kappa shape index (κ1) is 36.0. The average Bonchev–Trinajstić information content (AvgIpc) is 3.91. The molecule has 0 atom stereocenters. The zero-order valence-corrected chi connectivity index (χ0v) is 35.3. The van der Waals surface area contributed by atoms with Gasteiger partial charge in [0.05, 0.1) is 16.8 Å². The number of hydrogen-bond donors (Lipinski definition) is 0. The molecule has 0 radical (unpaired) electrons. The molecule has 296 valence electrons. The van der Waals surface area contributed by atoms with E-state index in [2.05, 4.69) is 243 Å². The molecule has 1 nitrogen and oxygen atoms in total. The van der Waals surface area contributed by atoms with Crippen molar-refractivity contribution in [1.29, 1.82) is 0 Å². The van der Waals surface area contributed by atoms with Crippen LogP contribution in [0.3, 0.4) is 0 Å². The molecule has 1 spiro atoms. The Labute approximate surface area is 369 Å². The Morgan fingerprint density at radius 1 is 0.302 bits per heavy atom. The topological polar surface area (TPSA) is 3.24 Å². The standard InChI is InChI=1S/C62H43N/c1-61(2)50-27-12-10-24-48(50)60-54(61)31-17-33-56(60)63(57-39-36-40-18-6-7-21-44(40)58(57)42-19-4-3-5-20-42)43-37-34-41(35-38-43)45-26-16-32-55-59(45)49-25-11-15-30-53(49)62(55)51-28-13-8-22-46(51)47-23-9-14-29-52(47)62/h3-39H,1-2H3. The van der Waals surface area contributed by atoms with Crippen LogP contribution in [0.2, 0.25) is 0 Å². The molecule has 10 aromatic rings. The highest BCUT2D eigenvalue weighted by atomic mass is 15.1. The van der Waals surface area contributed by atoms with Crippen LogP contribution >= 0.6 is 0 Å². The summed E-state index contributed by atoms with van der Waals surface area (Å²) in [6, 6.07) is 83.9. The Morgan fingerprint density at radius 3 is 1.52 bits per heavy atom. The van der Waals surface area contributed by atoms with Gasteiger partial charge < -0.3 is 4.90 Å². The van der Waals surface area contributed by atoms with E-state index in [1.165, 1.54) is 105 Å². The fourth-order valence-corrected chi connectivity index (χ4v) is 11.9. The summed E-state index contributed by atoms with van der Waals surface area (Å²) < 4.78 is 0. The first-order valence-corrected chi connectivity index (χ1v) is 22.2. The summed E-state index contributed by atoms with van der Waals surface area (Å²) in [4.78, 5) is 2.53. The van der Waals surface area contributed by atoms with Crippen LogP contribution in [0.4, 0.5) is 17.1 Å². The first-order chi connectivity index (χ1) is 31.0. The van der Waals surface area contributed by atoms with Gasteiger partial charge in [-0.2, -0.15) is 0 Å². The predicted octanol–water partition coefficient (Wildman–Crippen LogP) is 16.3. The molecule has 3 aliphatic carbocycles. The van der Waals surface area contributed by atoms with Crippen LogP contribution in [0, 0.1) is 0 Å². The van der Waals surface area contributed by atoms with Crippen molar-refractivity contribution in [3.05, 3.63) is 258 Å². The molecular weight excluding hydrogens is 759 g/mol. The molecule has 0 amide bonds. The summed E-state index contributed by atoms with van der Waals surface area (Å²) in [5.74, 6) is 0. The van der Waals surface area contributed by atoms with E-state index in [4.69, 9.17) is 0 Å². The Bertz CT molecular complexity index is 3440. The van der Waals surface area contributed by atoms with Crippen molar-refractivity contribution in [3.63, 3.8) is 0 Å². The van der Waals surface area contributed by atoms with Crippen molar-refractivity contribution in [2.24, 2.45) is 0 Å². The maximum absolute atomic E-state index is 2.53. The molecule has 10 aromatic carbocycles. The van der Waals surface area contributed by atoms with E-state index in [0.717, 1.165) is 11.4 Å². The zero-order chi connectivity index (χ0) is 41.9. The lowest BCUT2D eigenvalue weighted by Crippen LogP contribution is -2.25. The first-order valence-electron chi connectivity index (χ1n) is 22.2. The minimum Gasteiger partial charge on any atom is -0.309 e. The smallest absolute Gasteiger partial charge is 0.0725 e. The molecule has 0 saturated carbocycles. The van der Waals surface area contributed by atoms with Gasteiger partial charge >= 0.3 is 0 Å². The van der Waals surface area contributed by atoms with Crippen LogP contribution in [0.15, 0.2) is 224 Å². The van der Waals surface area contributed by atoms with Crippen molar-refractivity contribution < 1.29 is 0 Å². The third-order valence-corrected chi connectivity index (χ3v) is 14.5. The monoisotopic (exact) mass is 801 g/mol. The normalized spacial score (nSPS) is 14.1. The van der Waals surface area contributed by atoms with E-state index in [1.807, 2.05) is 0 Å². The van der Waals surface area contributed by atoms with Crippen LogP contribution < -0.4 is 4.90 Å². The number of anilines is 3. The van der Waals surface area contributed by atoms with Gasteiger partial charge in [0.2, 0.25) is 0 Å². The van der Waals surface area contributed by atoms with Gasteiger partial charge in [-0.3, -0.25) is 0 Å². The molecule has 3 aliphatic rings. The highest BCUT2D eigenvalue weighted by Gasteiger charge is 2.52. The fourth-order valence-electron chi connectivity index (χ4n) is 11.9. The fraction of sp³-hybridized carbons (Fsp3) is 0.0645. The van der Waals surface area contributed by atoms with E-state index >= 15 is 0 Å². The molecule has 63 heavy (non-hydrogen) atoms. The summed E-state index contributed by atoms with van der Waals surface area (Å²) in [6.07, 6.45) is 0. The second-order valence-electron chi connectivity index (χ2n) is 17.9. The quantitative estimate of drug-likeness (QED) is 0.168. The van der Waals surface area contributed by atoms with Gasteiger partial charge in [0.25, 0.3) is 0 Å². The van der Waals surface area contributed by atoms with Crippen LogP contribution in [0.5, 0.6) is 0 Å². The highest BCUT2D eigenvalue weighted by Crippen LogP contribution is 2.64. The third-order valence-electron chi connectivity index (χ3n) is 14.5. The molecule has 13 rings (SSSR count).